The van der Waals surface area contributed by atoms with Gasteiger partial charge in [0.2, 0.25) is 15.9 Å². The van der Waals surface area contributed by atoms with E-state index in [1.165, 1.54) is 0 Å². The first-order valence-corrected chi connectivity index (χ1v) is 11.9. The van der Waals surface area contributed by atoms with Gasteiger partial charge in [-0.05, 0) is 49.1 Å². The average molecular weight is 446 g/mol. The maximum atomic E-state index is 12.7. The third-order valence-corrected chi connectivity index (χ3v) is 5.71. The molecule has 168 valence electrons. The Hall–Kier alpha value is -2.87. The lowest BCUT2D eigenvalue weighted by molar-refractivity contribution is -0.114. The third kappa shape index (κ3) is 6.82. The lowest BCUT2D eigenvalue weighted by atomic mass is 9.87. The van der Waals surface area contributed by atoms with Crippen molar-refractivity contribution in [3.05, 3.63) is 59.7 Å². The summed E-state index contributed by atoms with van der Waals surface area (Å²) in [5, 5.41) is 5.45. The lowest BCUT2D eigenvalue weighted by Gasteiger charge is -2.24. The van der Waals surface area contributed by atoms with Gasteiger partial charge in [0.1, 0.15) is 6.54 Å². The standard InChI is InChI=1S/C23H31N3O4S/c1-16(2)24-22(28)19-9-7-8-10-20(19)25-21(27)15-26(31(6,29)30)18-13-11-17(12-14-18)23(3,4)5/h7-14,16H,15H2,1-6H3,(H,24,28)(H,25,27). The second-order valence-electron chi connectivity index (χ2n) is 8.79. The molecule has 7 nitrogen and oxygen atoms in total. The molecule has 8 heteroatoms. The third-order valence-electron chi connectivity index (χ3n) is 4.57. The van der Waals surface area contributed by atoms with Gasteiger partial charge in [0.25, 0.3) is 5.91 Å². The van der Waals surface area contributed by atoms with Crippen LogP contribution >= 0.6 is 0 Å². The van der Waals surface area contributed by atoms with E-state index in [2.05, 4.69) is 31.4 Å². The Morgan fingerprint density at radius 1 is 1.00 bits per heavy atom. The second kappa shape index (κ2) is 9.51. The number of benzene rings is 2. The van der Waals surface area contributed by atoms with Crippen LogP contribution in [0.4, 0.5) is 11.4 Å². The average Bonchev–Trinajstić information content (AvgIpc) is 2.64. The molecule has 0 atom stereocenters. The van der Waals surface area contributed by atoms with Crippen molar-refractivity contribution in [3.63, 3.8) is 0 Å². The molecule has 0 spiro atoms. The van der Waals surface area contributed by atoms with Crippen molar-refractivity contribution in [1.29, 1.82) is 0 Å². The molecule has 0 saturated carbocycles. The van der Waals surface area contributed by atoms with Gasteiger partial charge in [0.05, 0.1) is 23.2 Å². The zero-order chi connectivity index (χ0) is 23.4. The Labute approximate surface area is 184 Å². The lowest BCUT2D eigenvalue weighted by Crippen LogP contribution is -2.38. The normalized spacial score (nSPS) is 11.8. The predicted octanol–water partition coefficient (Wildman–Crippen LogP) is 3.53. The fourth-order valence-electron chi connectivity index (χ4n) is 2.98. The van der Waals surface area contributed by atoms with Crippen LogP contribution in [0.1, 0.15) is 50.5 Å². The number of hydrogen-bond donors (Lipinski definition) is 2. The predicted molar refractivity (Wildman–Crippen MR) is 125 cm³/mol. The molecule has 0 heterocycles. The fourth-order valence-corrected chi connectivity index (χ4v) is 3.83. The zero-order valence-electron chi connectivity index (χ0n) is 18.9. The van der Waals surface area contributed by atoms with Crippen LogP contribution in [0.2, 0.25) is 0 Å². The van der Waals surface area contributed by atoms with Crippen LogP contribution in [0.15, 0.2) is 48.5 Å². The molecule has 0 aliphatic rings. The summed E-state index contributed by atoms with van der Waals surface area (Å²) in [7, 11) is -3.70. The van der Waals surface area contributed by atoms with E-state index >= 15 is 0 Å². The van der Waals surface area contributed by atoms with Crippen LogP contribution in [0.3, 0.4) is 0 Å². The maximum Gasteiger partial charge on any atom is 0.253 e. The molecular formula is C23H31N3O4S. The highest BCUT2D eigenvalue weighted by atomic mass is 32.2. The summed E-state index contributed by atoms with van der Waals surface area (Å²) < 4.78 is 25.8. The van der Waals surface area contributed by atoms with Crippen LogP contribution in [0.5, 0.6) is 0 Å². The molecule has 0 aromatic heterocycles. The number of carbonyl (C=O) groups is 2. The minimum Gasteiger partial charge on any atom is -0.350 e. The molecule has 0 aliphatic carbocycles. The molecule has 0 fully saturated rings. The highest BCUT2D eigenvalue weighted by Gasteiger charge is 2.23. The van der Waals surface area contributed by atoms with Crippen molar-refractivity contribution >= 4 is 33.2 Å². The maximum absolute atomic E-state index is 12.7. The van der Waals surface area contributed by atoms with Crippen LogP contribution in [-0.4, -0.2) is 39.1 Å². The van der Waals surface area contributed by atoms with E-state index in [1.807, 2.05) is 26.0 Å². The van der Waals surface area contributed by atoms with Gasteiger partial charge in [0.15, 0.2) is 0 Å². The molecule has 31 heavy (non-hydrogen) atoms. The van der Waals surface area contributed by atoms with E-state index in [-0.39, 0.29) is 17.4 Å². The SMILES string of the molecule is CC(C)NC(=O)c1ccccc1NC(=O)CN(c1ccc(C(C)(C)C)cc1)S(C)(=O)=O. The Kier molecular flexibility index (Phi) is 7.49. The number of carbonyl (C=O) groups excluding carboxylic acids is 2. The smallest absolute Gasteiger partial charge is 0.253 e. The molecule has 2 amide bonds. The van der Waals surface area contributed by atoms with Gasteiger partial charge in [-0.2, -0.15) is 0 Å². The molecule has 0 unspecified atom stereocenters. The summed E-state index contributed by atoms with van der Waals surface area (Å²) in [5.41, 5.74) is 2.01. The van der Waals surface area contributed by atoms with E-state index < -0.39 is 22.5 Å². The molecule has 2 N–H and O–H groups in total. The van der Waals surface area contributed by atoms with Crippen molar-refractivity contribution in [1.82, 2.24) is 5.32 Å². The highest BCUT2D eigenvalue weighted by molar-refractivity contribution is 7.92. The first-order valence-electron chi connectivity index (χ1n) is 10.1. The summed E-state index contributed by atoms with van der Waals surface area (Å²) in [6, 6.07) is 13.6. The number of para-hydroxylation sites is 1. The topological polar surface area (TPSA) is 95.6 Å². The van der Waals surface area contributed by atoms with Gasteiger partial charge < -0.3 is 10.6 Å². The highest BCUT2D eigenvalue weighted by Crippen LogP contribution is 2.26. The number of amides is 2. The van der Waals surface area contributed by atoms with E-state index in [9.17, 15) is 18.0 Å². The Morgan fingerprint density at radius 3 is 2.10 bits per heavy atom. The summed E-state index contributed by atoms with van der Waals surface area (Å²) in [5.74, 6) is -0.862. The van der Waals surface area contributed by atoms with Crippen molar-refractivity contribution < 1.29 is 18.0 Å². The summed E-state index contributed by atoms with van der Waals surface area (Å²) in [6.45, 7) is 9.47. The van der Waals surface area contributed by atoms with Gasteiger partial charge in [-0.3, -0.25) is 13.9 Å². The molecule has 0 radical (unpaired) electrons. The van der Waals surface area contributed by atoms with Gasteiger partial charge in [-0.1, -0.05) is 45.0 Å². The van der Waals surface area contributed by atoms with Gasteiger partial charge in [-0.15, -0.1) is 0 Å². The van der Waals surface area contributed by atoms with Crippen molar-refractivity contribution in [2.75, 3.05) is 22.4 Å². The van der Waals surface area contributed by atoms with Crippen molar-refractivity contribution in [3.8, 4) is 0 Å². The number of nitrogens with one attached hydrogen (secondary N) is 2. The quantitative estimate of drug-likeness (QED) is 0.682. The minimum atomic E-state index is -3.70. The Bertz CT molecular complexity index is 1040. The number of nitrogens with zero attached hydrogens (tertiary/aromatic N) is 1. The number of rotatable bonds is 7. The van der Waals surface area contributed by atoms with Crippen LogP contribution in [0.25, 0.3) is 0 Å². The number of anilines is 2. The second-order valence-corrected chi connectivity index (χ2v) is 10.7. The summed E-state index contributed by atoms with van der Waals surface area (Å²) in [4.78, 5) is 25.1. The van der Waals surface area contributed by atoms with E-state index in [0.29, 0.717) is 16.9 Å². The molecular weight excluding hydrogens is 414 g/mol. The van der Waals surface area contributed by atoms with Gasteiger partial charge in [0, 0.05) is 6.04 Å². The molecule has 0 bridgehead atoms. The molecule has 2 rings (SSSR count). The Balaban J connectivity index is 2.25. The molecule has 2 aromatic carbocycles. The Morgan fingerprint density at radius 2 is 1.58 bits per heavy atom. The first kappa shape index (κ1) is 24.4. The van der Waals surface area contributed by atoms with Crippen LogP contribution < -0.4 is 14.9 Å². The van der Waals surface area contributed by atoms with Crippen LogP contribution in [0, 0.1) is 0 Å². The molecule has 0 saturated heterocycles. The number of hydrogen-bond acceptors (Lipinski definition) is 4. The molecule has 2 aromatic rings. The van der Waals surface area contributed by atoms with E-state index in [4.69, 9.17) is 0 Å². The first-order chi connectivity index (χ1) is 14.3. The van der Waals surface area contributed by atoms with Gasteiger partial charge in [-0.25, -0.2) is 8.42 Å². The van der Waals surface area contributed by atoms with Crippen molar-refractivity contribution in [2.24, 2.45) is 0 Å². The van der Waals surface area contributed by atoms with Crippen molar-refractivity contribution in [2.45, 2.75) is 46.1 Å². The van der Waals surface area contributed by atoms with Gasteiger partial charge >= 0.3 is 0 Å². The fraction of sp³-hybridized carbons (Fsp3) is 0.391. The minimum absolute atomic E-state index is 0.0620. The van der Waals surface area contributed by atoms with E-state index in [1.54, 1.807) is 36.4 Å². The van der Waals surface area contributed by atoms with Crippen LogP contribution in [-0.2, 0) is 20.2 Å². The molecule has 0 aliphatic heterocycles. The monoisotopic (exact) mass is 445 g/mol. The van der Waals surface area contributed by atoms with E-state index in [0.717, 1.165) is 16.1 Å². The number of sulfonamides is 1. The zero-order valence-corrected chi connectivity index (χ0v) is 19.7. The summed E-state index contributed by atoms with van der Waals surface area (Å²) in [6.07, 6.45) is 1.06. The summed E-state index contributed by atoms with van der Waals surface area (Å²) >= 11 is 0. The largest absolute Gasteiger partial charge is 0.350 e.